The van der Waals surface area contributed by atoms with Crippen molar-refractivity contribution in [1.29, 1.82) is 0 Å². The van der Waals surface area contributed by atoms with Crippen molar-refractivity contribution in [2.24, 2.45) is 0 Å². The van der Waals surface area contributed by atoms with Crippen molar-refractivity contribution in [3.05, 3.63) is 24.0 Å². The summed E-state index contributed by atoms with van der Waals surface area (Å²) in [5.41, 5.74) is 2.04. The lowest BCUT2D eigenvalue weighted by Crippen LogP contribution is -2.29. The van der Waals surface area contributed by atoms with Crippen molar-refractivity contribution in [3.63, 3.8) is 0 Å². The van der Waals surface area contributed by atoms with Crippen LogP contribution in [0, 0.1) is 0 Å². The molecule has 1 aromatic heterocycles. The van der Waals surface area contributed by atoms with Crippen LogP contribution in [0.25, 0.3) is 0 Å². The van der Waals surface area contributed by atoms with Crippen molar-refractivity contribution in [2.45, 2.75) is 38.1 Å². The van der Waals surface area contributed by atoms with Crippen LogP contribution in [0.4, 0.5) is 5.69 Å². The van der Waals surface area contributed by atoms with Crippen molar-refractivity contribution in [3.8, 4) is 0 Å². The van der Waals surface area contributed by atoms with E-state index in [1.54, 1.807) is 12.4 Å². The van der Waals surface area contributed by atoms with E-state index in [4.69, 9.17) is 4.74 Å². The molecule has 1 aliphatic heterocycles. The van der Waals surface area contributed by atoms with E-state index in [2.05, 4.69) is 10.3 Å². The molecule has 0 saturated carbocycles. The summed E-state index contributed by atoms with van der Waals surface area (Å²) in [6.45, 7) is 2.00. The van der Waals surface area contributed by atoms with Gasteiger partial charge in [0.1, 0.15) is 0 Å². The van der Waals surface area contributed by atoms with E-state index in [1.807, 2.05) is 20.0 Å². The number of ether oxygens (including phenoxy) is 1. The predicted molar refractivity (Wildman–Crippen MR) is 62.3 cm³/mol. The third-order valence-corrected chi connectivity index (χ3v) is 2.96. The Kier molecular flexibility index (Phi) is 3.41. The number of hydrogen-bond acceptors (Lipinski definition) is 4. The number of aliphatic hydroxyl groups is 1. The molecule has 88 valence electrons. The number of anilines is 1. The van der Waals surface area contributed by atoms with Gasteiger partial charge in [0.15, 0.2) is 0 Å². The summed E-state index contributed by atoms with van der Waals surface area (Å²) < 4.78 is 5.86. The lowest BCUT2D eigenvalue weighted by molar-refractivity contribution is -0.0892. The quantitative estimate of drug-likeness (QED) is 0.800. The van der Waals surface area contributed by atoms with Gasteiger partial charge in [-0.3, -0.25) is 4.98 Å². The first-order chi connectivity index (χ1) is 7.70. The van der Waals surface area contributed by atoms with Crippen LogP contribution in [0.5, 0.6) is 0 Å². The average molecular weight is 222 g/mol. The molecule has 2 rings (SSSR count). The minimum Gasteiger partial charge on any atom is -0.393 e. The summed E-state index contributed by atoms with van der Waals surface area (Å²) in [5.74, 6) is 0. The SMILES string of the molecule is CNc1cnccc1C1CC(O)CC(C)O1. The van der Waals surface area contributed by atoms with E-state index >= 15 is 0 Å². The molecule has 1 aromatic rings. The van der Waals surface area contributed by atoms with Gasteiger partial charge in [-0.25, -0.2) is 0 Å². The summed E-state index contributed by atoms with van der Waals surface area (Å²) in [4.78, 5) is 4.07. The monoisotopic (exact) mass is 222 g/mol. The van der Waals surface area contributed by atoms with Crippen LogP contribution in [-0.2, 0) is 4.74 Å². The van der Waals surface area contributed by atoms with Gasteiger partial charge in [0.25, 0.3) is 0 Å². The third-order valence-electron chi connectivity index (χ3n) is 2.96. The average Bonchev–Trinajstić information content (AvgIpc) is 2.27. The van der Waals surface area contributed by atoms with Gasteiger partial charge in [-0.15, -0.1) is 0 Å². The van der Waals surface area contributed by atoms with Crippen LogP contribution in [-0.4, -0.2) is 29.3 Å². The summed E-state index contributed by atoms with van der Waals surface area (Å²) in [7, 11) is 1.86. The molecule has 1 fully saturated rings. The van der Waals surface area contributed by atoms with E-state index in [1.165, 1.54) is 0 Å². The van der Waals surface area contributed by atoms with E-state index in [-0.39, 0.29) is 18.3 Å². The minimum atomic E-state index is -0.272. The standard InChI is InChI=1S/C12H18N2O2/c1-8-5-9(15)6-12(16-8)10-3-4-14-7-11(10)13-2/h3-4,7-9,12-13,15H,5-6H2,1-2H3. The van der Waals surface area contributed by atoms with Crippen LogP contribution < -0.4 is 5.32 Å². The molecule has 0 radical (unpaired) electrons. The van der Waals surface area contributed by atoms with Crippen LogP contribution in [0.15, 0.2) is 18.5 Å². The molecule has 4 nitrogen and oxygen atoms in total. The van der Waals surface area contributed by atoms with Gasteiger partial charge in [0.05, 0.1) is 30.2 Å². The molecule has 4 heteroatoms. The Bertz CT molecular complexity index is 347. The lowest BCUT2D eigenvalue weighted by atomic mass is 9.96. The zero-order valence-corrected chi connectivity index (χ0v) is 9.68. The Hall–Kier alpha value is -1.13. The van der Waals surface area contributed by atoms with Gasteiger partial charge < -0.3 is 15.2 Å². The molecule has 3 unspecified atom stereocenters. The van der Waals surface area contributed by atoms with Crippen molar-refractivity contribution >= 4 is 5.69 Å². The van der Waals surface area contributed by atoms with Gasteiger partial charge in [0.2, 0.25) is 0 Å². The Labute approximate surface area is 95.7 Å². The maximum atomic E-state index is 9.76. The molecule has 0 spiro atoms. The smallest absolute Gasteiger partial charge is 0.0874 e. The van der Waals surface area contributed by atoms with Crippen molar-refractivity contribution in [1.82, 2.24) is 4.98 Å². The third kappa shape index (κ3) is 2.33. The minimum absolute atomic E-state index is 0.0378. The fourth-order valence-corrected chi connectivity index (χ4v) is 2.21. The maximum Gasteiger partial charge on any atom is 0.0874 e. The van der Waals surface area contributed by atoms with Crippen LogP contribution in [0.3, 0.4) is 0 Å². The largest absolute Gasteiger partial charge is 0.393 e. The van der Waals surface area contributed by atoms with Crippen LogP contribution in [0.1, 0.15) is 31.4 Å². The molecule has 2 N–H and O–H groups in total. The van der Waals surface area contributed by atoms with E-state index in [0.29, 0.717) is 6.42 Å². The first-order valence-electron chi connectivity index (χ1n) is 5.66. The molecule has 0 amide bonds. The molecule has 3 atom stereocenters. The molecule has 0 aliphatic carbocycles. The summed E-state index contributed by atoms with van der Waals surface area (Å²) in [5, 5.41) is 12.9. The number of nitrogens with one attached hydrogen (secondary N) is 1. The molecule has 2 heterocycles. The molecular formula is C12H18N2O2. The van der Waals surface area contributed by atoms with Gasteiger partial charge in [-0.2, -0.15) is 0 Å². The van der Waals surface area contributed by atoms with E-state index in [0.717, 1.165) is 17.7 Å². The number of aromatic nitrogens is 1. The molecule has 0 bridgehead atoms. The zero-order valence-electron chi connectivity index (χ0n) is 9.68. The molecule has 0 aromatic carbocycles. The summed E-state index contributed by atoms with van der Waals surface area (Å²) in [6.07, 6.45) is 4.71. The number of aliphatic hydroxyl groups excluding tert-OH is 1. The van der Waals surface area contributed by atoms with Crippen molar-refractivity contribution in [2.75, 3.05) is 12.4 Å². The molecular weight excluding hydrogens is 204 g/mol. The van der Waals surface area contributed by atoms with Gasteiger partial charge >= 0.3 is 0 Å². The van der Waals surface area contributed by atoms with Crippen LogP contribution >= 0.6 is 0 Å². The number of hydrogen-bond donors (Lipinski definition) is 2. The second-order valence-corrected chi connectivity index (χ2v) is 4.27. The number of nitrogens with zero attached hydrogens (tertiary/aromatic N) is 1. The maximum absolute atomic E-state index is 9.76. The van der Waals surface area contributed by atoms with Crippen LogP contribution in [0.2, 0.25) is 0 Å². The first-order valence-corrected chi connectivity index (χ1v) is 5.66. The highest BCUT2D eigenvalue weighted by atomic mass is 16.5. The lowest BCUT2D eigenvalue weighted by Gasteiger charge is -2.32. The second-order valence-electron chi connectivity index (χ2n) is 4.27. The molecule has 16 heavy (non-hydrogen) atoms. The predicted octanol–water partition coefficient (Wildman–Crippen LogP) is 1.72. The fraction of sp³-hybridized carbons (Fsp3) is 0.583. The van der Waals surface area contributed by atoms with E-state index in [9.17, 15) is 5.11 Å². The second kappa shape index (κ2) is 4.80. The fourth-order valence-electron chi connectivity index (χ4n) is 2.21. The summed E-state index contributed by atoms with van der Waals surface area (Å²) >= 11 is 0. The first kappa shape index (κ1) is 11.4. The molecule has 1 saturated heterocycles. The van der Waals surface area contributed by atoms with E-state index < -0.39 is 0 Å². The Balaban J connectivity index is 2.22. The highest BCUT2D eigenvalue weighted by molar-refractivity contribution is 5.49. The van der Waals surface area contributed by atoms with Gasteiger partial charge in [-0.05, 0) is 19.4 Å². The highest BCUT2D eigenvalue weighted by Gasteiger charge is 2.28. The topological polar surface area (TPSA) is 54.4 Å². The Morgan fingerprint density at radius 2 is 2.31 bits per heavy atom. The number of pyridine rings is 1. The van der Waals surface area contributed by atoms with Crippen molar-refractivity contribution < 1.29 is 9.84 Å². The molecule has 1 aliphatic rings. The van der Waals surface area contributed by atoms with Gasteiger partial charge in [0, 0.05) is 25.2 Å². The normalized spacial score (nSPS) is 30.1. The zero-order chi connectivity index (χ0) is 11.5. The number of rotatable bonds is 2. The Morgan fingerprint density at radius 1 is 1.50 bits per heavy atom. The highest BCUT2D eigenvalue weighted by Crippen LogP contribution is 2.34. The summed E-state index contributed by atoms with van der Waals surface area (Å²) in [6, 6.07) is 1.95. The van der Waals surface area contributed by atoms with Gasteiger partial charge in [-0.1, -0.05) is 0 Å². The Morgan fingerprint density at radius 3 is 3.00 bits per heavy atom.